The van der Waals surface area contributed by atoms with Gasteiger partial charge in [0, 0.05) is 13.2 Å². The van der Waals surface area contributed by atoms with E-state index < -0.39 is 0 Å². The summed E-state index contributed by atoms with van der Waals surface area (Å²) in [7, 11) is 1.79. The second-order valence-electron chi connectivity index (χ2n) is 5.81. The van der Waals surface area contributed by atoms with Crippen molar-refractivity contribution in [1.82, 2.24) is 5.32 Å². The highest BCUT2D eigenvalue weighted by Crippen LogP contribution is 2.29. The molecule has 1 aliphatic carbocycles. The van der Waals surface area contributed by atoms with Crippen molar-refractivity contribution in [3.8, 4) is 0 Å². The largest absolute Gasteiger partial charge is 0.379 e. The monoisotopic (exact) mass is 247 g/mol. The van der Waals surface area contributed by atoms with E-state index in [0.29, 0.717) is 6.04 Å². The quantitative estimate of drug-likeness (QED) is 0.860. The highest BCUT2D eigenvalue weighted by Gasteiger charge is 2.21. The standard InChI is InChI=1S/C16H25NO/c1-16(2,18-3)11-12-17-15-10-6-8-13-7-4-5-9-14(13)15/h4-5,7,9,15,17H,6,8,10-12H2,1-3H3. The van der Waals surface area contributed by atoms with Gasteiger partial charge >= 0.3 is 0 Å². The van der Waals surface area contributed by atoms with Crippen LogP contribution in [0, 0.1) is 0 Å². The molecule has 100 valence electrons. The summed E-state index contributed by atoms with van der Waals surface area (Å²) in [6, 6.07) is 9.37. The fourth-order valence-corrected chi connectivity index (χ4v) is 2.62. The Labute approximate surface area is 111 Å². The molecule has 2 heteroatoms. The third-order valence-corrected chi connectivity index (χ3v) is 4.04. The van der Waals surface area contributed by atoms with E-state index in [1.807, 2.05) is 0 Å². The second-order valence-corrected chi connectivity index (χ2v) is 5.81. The van der Waals surface area contributed by atoms with Crippen molar-refractivity contribution in [2.75, 3.05) is 13.7 Å². The van der Waals surface area contributed by atoms with Crippen LogP contribution in [0.1, 0.15) is 50.3 Å². The van der Waals surface area contributed by atoms with Crippen molar-refractivity contribution in [3.63, 3.8) is 0 Å². The molecule has 1 aromatic rings. The average Bonchev–Trinajstić information content (AvgIpc) is 2.39. The Morgan fingerprint density at radius 1 is 1.33 bits per heavy atom. The van der Waals surface area contributed by atoms with Crippen LogP contribution >= 0.6 is 0 Å². The van der Waals surface area contributed by atoms with Gasteiger partial charge < -0.3 is 10.1 Å². The van der Waals surface area contributed by atoms with Gasteiger partial charge in [-0.2, -0.15) is 0 Å². The van der Waals surface area contributed by atoms with Gasteiger partial charge in [-0.1, -0.05) is 24.3 Å². The molecular weight excluding hydrogens is 222 g/mol. The minimum atomic E-state index is -0.0266. The van der Waals surface area contributed by atoms with E-state index in [9.17, 15) is 0 Å². The lowest BCUT2D eigenvalue weighted by Crippen LogP contribution is -2.32. The van der Waals surface area contributed by atoms with Gasteiger partial charge in [0.1, 0.15) is 0 Å². The smallest absolute Gasteiger partial charge is 0.0634 e. The summed E-state index contributed by atoms with van der Waals surface area (Å²) in [4.78, 5) is 0. The lowest BCUT2D eigenvalue weighted by atomic mass is 9.87. The molecule has 1 aliphatic rings. The number of benzene rings is 1. The predicted octanol–water partition coefficient (Wildman–Crippen LogP) is 3.47. The van der Waals surface area contributed by atoms with E-state index in [2.05, 4.69) is 43.4 Å². The second kappa shape index (κ2) is 5.85. The summed E-state index contributed by atoms with van der Waals surface area (Å²) < 4.78 is 5.46. The van der Waals surface area contributed by atoms with Gasteiger partial charge in [-0.15, -0.1) is 0 Å². The minimum Gasteiger partial charge on any atom is -0.379 e. The highest BCUT2D eigenvalue weighted by atomic mass is 16.5. The van der Waals surface area contributed by atoms with Crippen molar-refractivity contribution in [1.29, 1.82) is 0 Å². The summed E-state index contributed by atoms with van der Waals surface area (Å²) >= 11 is 0. The molecule has 1 aromatic carbocycles. The Bertz CT molecular complexity index is 386. The Morgan fingerprint density at radius 3 is 2.89 bits per heavy atom. The molecule has 1 unspecified atom stereocenters. The number of fused-ring (bicyclic) bond motifs is 1. The van der Waals surface area contributed by atoms with Crippen LogP contribution in [-0.2, 0) is 11.2 Å². The zero-order valence-electron chi connectivity index (χ0n) is 11.8. The topological polar surface area (TPSA) is 21.3 Å². The fraction of sp³-hybridized carbons (Fsp3) is 0.625. The lowest BCUT2D eigenvalue weighted by molar-refractivity contribution is 0.0152. The lowest BCUT2D eigenvalue weighted by Gasteiger charge is -2.29. The molecule has 0 fully saturated rings. The first-order valence-electron chi connectivity index (χ1n) is 6.99. The van der Waals surface area contributed by atoms with Crippen LogP contribution in [0.25, 0.3) is 0 Å². The molecule has 0 heterocycles. The molecule has 0 spiro atoms. The minimum absolute atomic E-state index is 0.0266. The van der Waals surface area contributed by atoms with Crippen LogP contribution in [0.2, 0.25) is 0 Å². The van der Waals surface area contributed by atoms with E-state index in [4.69, 9.17) is 4.74 Å². The van der Waals surface area contributed by atoms with Gasteiger partial charge in [0.2, 0.25) is 0 Å². The van der Waals surface area contributed by atoms with E-state index in [1.54, 1.807) is 7.11 Å². The van der Waals surface area contributed by atoms with E-state index in [0.717, 1.165) is 13.0 Å². The number of methoxy groups -OCH3 is 1. The Kier molecular flexibility index (Phi) is 4.41. The van der Waals surface area contributed by atoms with Gasteiger partial charge in [-0.3, -0.25) is 0 Å². The number of aryl methyl sites for hydroxylation is 1. The average molecular weight is 247 g/mol. The van der Waals surface area contributed by atoms with Crippen LogP contribution in [0.3, 0.4) is 0 Å². The normalized spacial score (nSPS) is 19.6. The molecule has 0 aromatic heterocycles. The molecule has 0 amide bonds. The molecule has 0 saturated carbocycles. The predicted molar refractivity (Wildman–Crippen MR) is 75.8 cm³/mol. The summed E-state index contributed by atoms with van der Waals surface area (Å²) in [5.74, 6) is 0. The first-order chi connectivity index (χ1) is 8.62. The zero-order chi connectivity index (χ0) is 13.0. The molecule has 0 radical (unpaired) electrons. The van der Waals surface area contributed by atoms with Crippen LogP contribution in [0.5, 0.6) is 0 Å². The van der Waals surface area contributed by atoms with Crippen LogP contribution in [0.15, 0.2) is 24.3 Å². The Hall–Kier alpha value is -0.860. The first-order valence-corrected chi connectivity index (χ1v) is 6.99. The summed E-state index contributed by atoms with van der Waals surface area (Å²) in [5, 5.41) is 3.69. The summed E-state index contributed by atoms with van der Waals surface area (Å²) in [6.07, 6.45) is 4.83. The maximum absolute atomic E-state index is 5.46. The number of rotatable bonds is 5. The van der Waals surface area contributed by atoms with E-state index >= 15 is 0 Å². The van der Waals surface area contributed by atoms with E-state index in [1.165, 1.54) is 30.4 Å². The number of ether oxygens (including phenoxy) is 1. The summed E-state index contributed by atoms with van der Waals surface area (Å²) in [5.41, 5.74) is 2.99. The SMILES string of the molecule is COC(C)(C)CCNC1CCCc2ccccc21. The fourth-order valence-electron chi connectivity index (χ4n) is 2.62. The number of hydrogen-bond donors (Lipinski definition) is 1. The molecule has 2 rings (SSSR count). The molecule has 1 atom stereocenters. The van der Waals surface area contributed by atoms with Gasteiger partial charge in [-0.05, 0) is 57.2 Å². The highest BCUT2D eigenvalue weighted by molar-refractivity contribution is 5.32. The maximum Gasteiger partial charge on any atom is 0.0634 e. The zero-order valence-corrected chi connectivity index (χ0v) is 11.8. The van der Waals surface area contributed by atoms with Crippen molar-refractivity contribution in [2.24, 2.45) is 0 Å². The molecule has 18 heavy (non-hydrogen) atoms. The Morgan fingerprint density at radius 2 is 2.11 bits per heavy atom. The van der Waals surface area contributed by atoms with Gasteiger partial charge in [0.05, 0.1) is 5.60 Å². The van der Waals surface area contributed by atoms with Crippen molar-refractivity contribution >= 4 is 0 Å². The van der Waals surface area contributed by atoms with Gasteiger partial charge in [-0.25, -0.2) is 0 Å². The van der Waals surface area contributed by atoms with Crippen molar-refractivity contribution in [3.05, 3.63) is 35.4 Å². The number of hydrogen-bond acceptors (Lipinski definition) is 2. The Balaban J connectivity index is 1.92. The molecule has 2 nitrogen and oxygen atoms in total. The number of nitrogens with one attached hydrogen (secondary N) is 1. The summed E-state index contributed by atoms with van der Waals surface area (Å²) in [6.45, 7) is 5.30. The third kappa shape index (κ3) is 3.33. The van der Waals surface area contributed by atoms with Crippen LogP contribution < -0.4 is 5.32 Å². The van der Waals surface area contributed by atoms with Crippen molar-refractivity contribution in [2.45, 2.75) is 51.2 Å². The molecule has 0 aliphatic heterocycles. The molecule has 0 bridgehead atoms. The first kappa shape index (κ1) is 13.6. The van der Waals surface area contributed by atoms with Crippen molar-refractivity contribution < 1.29 is 4.74 Å². The molecular formula is C16H25NO. The molecule has 0 saturated heterocycles. The van der Waals surface area contributed by atoms with E-state index in [-0.39, 0.29) is 5.60 Å². The third-order valence-electron chi connectivity index (χ3n) is 4.04. The van der Waals surface area contributed by atoms with Gasteiger partial charge in [0.25, 0.3) is 0 Å². The van der Waals surface area contributed by atoms with Crippen LogP contribution in [0.4, 0.5) is 0 Å². The maximum atomic E-state index is 5.46. The van der Waals surface area contributed by atoms with Crippen LogP contribution in [-0.4, -0.2) is 19.3 Å². The molecule has 1 N–H and O–H groups in total. The van der Waals surface area contributed by atoms with Gasteiger partial charge in [0.15, 0.2) is 0 Å².